The average molecular weight is 364 g/mol. The average Bonchev–Trinajstić information content (AvgIpc) is 2.61. The molecule has 1 amide bonds. The first-order valence-electron chi connectivity index (χ1n) is 7.43. The van der Waals surface area contributed by atoms with Gasteiger partial charge in [-0.2, -0.15) is 0 Å². The topological polar surface area (TPSA) is 77.0 Å². The molecule has 0 saturated carbocycles. The molecule has 2 aromatic rings. The number of hydroxylamine groups is 1. The molecule has 0 atom stereocenters. The van der Waals surface area contributed by atoms with Crippen molar-refractivity contribution >= 4 is 23.6 Å². The molecule has 2 N–H and O–H groups in total. The monoisotopic (exact) mass is 363 g/mol. The number of methoxy groups -OCH3 is 1. The lowest BCUT2D eigenvalue weighted by molar-refractivity contribution is -0.124. The Morgan fingerprint density at radius 1 is 1.20 bits per heavy atom. The second kappa shape index (κ2) is 9.68. The van der Waals surface area contributed by atoms with Crippen molar-refractivity contribution in [2.24, 2.45) is 0 Å². The Hall–Kier alpha value is -2.54. The molecule has 25 heavy (non-hydrogen) atoms. The predicted molar refractivity (Wildman–Crippen MR) is 94.3 cm³/mol. The molecule has 7 heteroatoms. The molecule has 0 spiro atoms. The number of hydrogen-bond donors (Lipinski definition) is 2. The summed E-state index contributed by atoms with van der Waals surface area (Å²) in [6.45, 7) is 0.859. The van der Waals surface area contributed by atoms with Crippen LogP contribution in [-0.4, -0.2) is 31.4 Å². The Morgan fingerprint density at radius 3 is 2.76 bits per heavy atom. The highest BCUT2D eigenvalue weighted by molar-refractivity contribution is 6.30. The van der Waals surface area contributed by atoms with Crippen LogP contribution in [0.5, 0.6) is 17.2 Å². The van der Waals surface area contributed by atoms with Gasteiger partial charge in [0.25, 0.3) is 5.91 Å². The summed E-state index contributed by atoms with van der Waals surface area (Å²) in [5, 5.41) is 9.13. The van der Waals surface area contributed by atoms with Crippen LogP contribution in [-0.2, 0) is 9.53 Å². The van der Waals surface area contributed by atoms with Crippen LogP contribution in [0.3, 0.4) is 0 Å². The summed E-state index contributed by atoms with van der Waals surface area (Å²) < 4.78 is 16.4. The minimum Gasteiger partial charge on any atom is -0.491 e. The number of amides is 1. The van der Waals surface area contributed by atoms with Gasteiger partial charge in [-0.05, 0) is 36.4 Å². The highest BCUT2D eigenvalue weighted by atomic mass is 35.5. The predicted octanol–water partition coefficient (Wildman–Crippen LogP) is 3.68. The zero-order chi connectivity index (χ0) is 18.1. The maximum absolute atomic E-state index is 11.2. The van der Waals surface area contributed by atoms with Crippen LogP contribution in [0.1, 0.15) is 5.56 Å². The van der Waals surface area contributed by atoms with E-state index in [1.807, 2.05) is 0 Å². The summed E-state index contributed by atoms with van der Waals surface area (Å²) in [7, 11) is 1.59. The molecule has 0 bridgehead atoms. The standard InChI is InChI=1S/C18H18ClNO5/c1-23-9-10-24-15-7-5-13(6-8-18(21)20-22)17(12-15)25-16-4-2-3-14(19)11-16/h2-8,11-12,22H,9-10H2,1H3,(H,20,21). The third-order valence-electron chi connectivity index (χ3n) is 3.09. The molecule has 0 aliphatic carbocycles. The number of carbonyl (C=O) groups is 1. The molecule has 0 fully saturated rings. The van der Waals surface area contributed by atoms with Gasteiger partial charge in [0, 0.05) is 29.8 Å². The van der Waals surface area contributed by atoms with Gasteiger partial charge in [-0.1, -0.05) is 17.7 Å². The van der Waals surface area contributed by atoms with Crippen LogP contribution in [0.15, 0.2) is 48.5 Å². The Labute approximate surface area is 150 Å². The van der Waals surface area contributed by atoms with E-state index in [0.717, 1.165) is 0 Å². The number of ether oxygens (including phenoxy) is 3. The van der Waals surface area contributed by atoms with Gasteiger partial charge in [-0.15, -0.1) is 0 Å². The molecule has 132 valence electrons. The van der Waals surface area contributed by atoms with Crippen LogP contribution in [0.4, 0.5) is 0 Å². The molecule has 0 aliphatic heterocycles. The Morgan fingerprint density at radius 2 is 2.04 bits per heavy atom. The summed E-state index contributed by atoms with van der Waals surface area (Å²) in [6.07, 6.45) is 2.70. The second-order valence-electron chi connectivity index (χ2n) is 4.91. The van der Waals surface area contributed by atoms with Gasteiger partial charge in [0.05, 0.1) is 6.61 Å². The second-order valence-corrected chi connectivity index (χ2v) is 5.35. The quantitative estimate of drug-likeness (QED) is 0.324. The number of benzene rings is 2. The van der Waals surface area contributed by atoms with E-state index in [9.17, 15) is 4.79 Å². The van der Waals surface area contributed by atoms with Crippen molar-refractivity contribution in [1.82, 2.24) is 5.48 Å². The largest absolute Gasteiger partial charge is 0.491 e. The molecule has 2 aromatic carbocycles. The number of rotatable bonds is 8. The first kappa shape index (κ1) is 18.8. The van der Waals surface area contributed by atoms with Gasteiger partial charge < -0.3 is 14.2 Å². The molecule has 0 heterocycles. The van der Waals surface area contributed by atoms with Gasteiger partial charge >= 0.3 is 0 Å². The summed E-state index contributed by atoms with van der Waals surface area (Å²) in [6, 6.07) is 12.1. The molecule has 6 nitrogen and oxygen atoms in total. The summed E-state index contributed by atoms with van der Waals surface area (Å²) >= 11 is 5.97. The lowest BCUT2D eigenvalue weighted by Crippen LogP contribution is -2.14. The zero-order valence-electron chi connectivity index (χ0n) is 13.6. The van der Waals surface area contributed by atoms with E-state index in [1.54, 1.807) is 49.6 Å². The van der Waals surface area contributed by atoms with E-state index in [4.69, 9.17) is 31.0 Å². The highest BCUT2D eigenvalue weighted by Gasteiger charge is 2.07. The van der Waals surface area contributed by atoms with Crippen LogP contribution in [0, 0.1) is 0 Å². The fraction of sp³-hybridized carbons (Fsp3) is 0.167. The highest BCUT2D eigenvalue weighted by Crippen LogP contribution is 2.31. The third kappa shape index (κ3) is 6.11. The lowest BCUT2D eigenvalue weighted by atomic mass is 10.1. The molecule has 2 rings (SSSR count). The zero-order valence-corrected chi connectivity index (χ0v) is 14.3. The van der Waals surface area contributed by atoms with Gasteiger partial charge in [-0.3, -0.25) is 10.0 Å². The number of hydrogen-bond acceptors (Lipinski definition) is 5. The fourth-order valence-electron chi connectivity index (χ4n) is 1.93. The maximum atomic E-state index is 11.2. The number of halogens is 1. The summed E-state index contributed by atoms with van der Waals surface area (Å²) in [4.78, 5) is 11.2. The van der Waals surface area contributed by atoms with Crippen molar-refractivity contribution in [2.45, 2.75) is 0 Å². The van der Waals surface area contributed by atoms with Gasteiger partial charge in [-0.25, -0.2) is 5.48 Å². The Kier molecular flexibility index (Phi) is 7.28. The van der Waals surface area contributed by atoms with Crippen molar-refractivity contribution in [2.75, 3.05) is 20.3 Å². The summed E-state index contributed by atoms with van der Waals surface area (Å²) in [5.74, 6) is 0.967. The van der Waals surface area contributed by atoms with Crippen molar-refractivity contribution < 1.29 is 24.2 Å². The minimum absolute atomic E-state index is 0.398. The van der Waals surface area contributed by atoms with Crippen LogP contribution < -0.4 is 15.0 Å². The third-order valence-corrected chi connectivity index (χ3v) is 3.32. The maximum Gasteiger partial charge on any atom is 0.267 e. The molecular weight excluding hydrogens is 346 g/mol. The normalized spacial score (nSPS) is 10.7. The van der Waals surface area contributed by atoms with Crippen LogP contribution in [0.25, 0.3) is 6.08 Å². The smallest absolute Gasteiger partial charge is 0.267 e. The Balaban J connectivity index is 2.27. The Bertz CT molecular complexity index is 748. The van der Waals surface area contributed by atoms with E-state index in [-0.39, 0.29) is 0 Å². The summed E-state index contributed by atoms with van der Waals surface area (Å²) in [5.41, 5.74) is 2.16. The van der Waals surface area contributed by atoms with Crippen molar-refractivity contribution in [1.29, 1.82) is 0 Å². The van der Waals surface area contributed by atoms with Gasteiger partial charge in [0.1, 0.15) is 23.9 Å². The SMILES string of the molecule is COCCOc1ccc(C=CC(=O)NO)c(Oc2cccc(Cl)c2)c1. The molecule has 0 unspecified atom stereocenters. The number of carbonyl (C=O) groups excluding carboxylic acids is 1. The molecule has 0 saturated heterocycles. The lowest BCUT2D eigenvalue weighted by Gasteiger charge is -2.12. The minimum atomic E-state index is -0.644. The van der Waals surface area contributed by atoms with E-state index >= 15 is 0 Å². The molecule has 0 radical (unpaired) electrons. The van der Waals surface area contributed by atoms with Gasteiger partial charge in [0.2, 0.25) is 0 Å². The van der Waals surface area contributed by atoms with Gasteiger partial charge in [0.15, 0.2) is 0 Å². The fourth-order valence-corrected chi connectivity index (χ4v) is 2.11. The first-order chi connectivity index (χ1) is 12.1. The molecule has 0 aliphatic rings. The molecule has 0 aromatic heterocycles. The van der Waals surface area contributed by atoms with E-state index in [0.29, 0.717) is 41.0 Å². The van der Waals surface area contributed by atoms with E-state index < -0.39 is 5.91 Å². The first-order valence-corrected chi connectivity index (χ1v) is 7.81. The van der Waals surface area contributed by atoms with E-state index in [2.05, 4.69) is 0 Å². The molecular formula is C18H18ClNO5. The van der Waals surface area contributed by atoms with Crippen molar-refractivity contribution in [3.63, 3.8) is 0 Å². The van der Waals surface area contributed by atoms with Crippen molar-refractivity contribution in [3.8, 4) is 17.2 Å². The number of nitrogens with one attached hydrogen (secondary N) is 1. The van der Waals surface area contributed by atoms with E-state index in [1.165, 1.54) is 17.6 Å². The van der Waals surface area contributed by atoms with Crippen LogP contribution in [0.2, 0.25) is 5.02 Å². The van der Waals surface area contributed by atoms with Crippen molar-refractivity contribution in [3.05, 3.63) is 59.1 Å². The van der Waals surface area contributed by atoms with Crippen LogP contribution >= 0.6 is 11.6 Å².